The van der Waals surface area contributed by atoms with Crippen LogP contribution in [-0.2, 0) is 34.0 Å². The van der Waals surface area contributed by atoms with Gasteiger partial charge >= 0.3 is 0 Å². The van der Waals surface area contributed by atoms with Crippen LogP contribution in [0, 0.1) is 11.7 Å². The minimum atomic E-state index is -1.65. The van der Waals surface area contributed by atoms with Crippen LogP contribution in [0.2, 0.25) is 0 Å². The highest BCUT2D eigenvalue weighted by Crippen LogP contribution is 2.32. The fourth-order valence-corrected chi connectivity index (χ4v) is 5.81. The Hall–Kier alpha value is -3.82. The number of halogens is 1. The Bertz CT molecular complexity index is 1350. The van der Waals surface area contributed by atoms with Gasteiger partial charge in [0.15, 0.2) is 12.2 Å². The van der Waals surface area contributed by atoms with Crippen molar-refractivity contribution in [2.45, 2.75) is 70.4 Å². The molecule has 2 aromatic carbocycles. The number of pyridine rings is 1. The van der Waals surface area contributed by atoms with Crippen LogP contribution in [0.25, 0.3) is 11.1 Å². The van der Waals surface area contributed by atoms with E-state index in [0.717, 1.165) is 34.4 Å². The quantitative estimate of drug-likeness (QED) is 0.342. The number of rotatable bonds is 11. The Morgan fingerprint density at radius 2 is 1.88 bits per heavy atom. The molecule has 0 saturated heterocycles. The largest absolute Gasteiger partial charge is 0.493 e. The van der Waals surface area contributed by atoms with Crippen LogP contribution in [0.3, 0.4) is 0 Å². The molecule has 1 saturated carbocycles. The van der Waals surface area contributed by atoms with Crippen molar-refractivity contribution in [3.05, 3.63) is 83.4 Å². The SMILES string of the molecule is CO[C@@H](C(=O)NCc1ccc(-c2ccc(F)cc2OCCC2CCCCC2)cc1)[C@@H](O)C(=O)N1Cc2cccnc2C1. The van der Waals surface area contributed by atoms with Gasteiger partial charge in [0.2, 0.25) is 0 Å². The molecule has 1 fully saturated rings. The number of nitrogens with one attached hydrogen (secondary N) is 1. The molecular weight excluding hydrogens is 537 g/mol. The van der Waals surface area contributed by atoms with E-state index in [4.69, 9.17) is 9.47 Å². The van der Waals surface area contributed by atoms with Crippen molar-refractivity contribution >= 4 is 11.8 Å². The number of nitrogens with zero attached hydrogens (tertiary/aromatic N) is 2. The lowest BCUT2D eigenvalue weighted by Gasteiger charge is -2.24. The average molecular weight is 576 g/mol. The fraction of sp³-hybridized carbons (Fsp3) is 0.424. The van der Waals surface area contributed by atoms with Crippen LogP contribution >= 0.6 is 0 Å². The van der Waals surface area contributed by atoms with Crippen molar-refractivity contribution in [3.8, 4) is 16.9 Å². The second-order valence-corrected chi connectivity index (χ2v) is 11.1. The summed E-state index contributed by atoms with van der Waals surface area (Å²) in [4.78, 5) is 31.5. The zero-order chi connectivity index (χ0) is 29.5. The van der Waals surface area contributed by atoms with Crippen molar-refractivity contribution in [3.63, 3.8) is 0 Å². The Kier molecular flexibility index (Phi) is 9.81. The van der Waals surface area contributed by atoms with Gasteiger partial charge in [-0.05, 0) is 47.2 Å². The maximum Gasteiger partial charge on any atom is 0.255 e. The van der Waals surface area contributed by atoms with Gasteiger partial charge in [0.25, 0.3) is 11.8 Å². The smallest absolute Gasteiger partial charge is 0.255 e. The summed E-state index contributed by atoms with van der Waals surface area (Å²) in [5.41, 5.74) is 4.17. The highest BCUT2D eigenvalue weighted by atomic mass is 19.1. The number of ether oxygens (including phenoxy) is 2. The molecule has 0 bridgehead atoms. The predicted molar refractivity (Wildman–Crippen MR) is 156 cm³/mol. The van der Waals surface area contributed by atoms with Crippen molar-refractivity contribution in [1.29, 1.82) is 0 Å². The summed E-state index contributed by atoms with van der Waals surface area (Å²) in [7, 11) is 1.29. The van der Waals surface area contributed by atoms with E-state index in [1.54, 1.807) is 18.3 Å². The van der Waals surface area contributed by atoms with Crippen LogP contribution in [0.1, 0.15) is 55.3 Å². The molecule has 1 aliphatic carbocycles. The third kappa shape index (κ3) is 7.14. The molecule has 8 nitrogen and oxygen atoms in total. The third-order valence-corrected chi connectivity index (χ3v) is 8.23. The number of benzene rings is 2. The summed E-state index contributed by atoms with van der Waals surface area (Å²) in [5, 5.41) is 13.4. The minimum Gasteiger partial charge on any atom is -0.493 e. The molecule has 2 heterocycles. The highest BCUT2D eigenvalue weighted by molar-refractivity contribution is 5.91. The third-order valence-electron chi connectivity index (χ3n) is 8.23. The van der Waals surface area contributed by atoms with Crippen molar-refractivity contribution < 1.29 is 28.6 Å². The lowest BCUT2D eigenvalue weighted by atomic mass is 9.87. The first kappa shape index (κ1) is 29.7. The molecule has 5 rings (SSSR count). The summed E-state index contributed by atoms with van der Waals surface area (Å²) < 4.78 is 25.3. The van der Waals surface area contributed by atoms with E-state index >= 15 is 0 Å². The second-order valence-electron chi connectivity index (χ2n) is 11.1. The topological polar surface area (TPSA) is 101 Å². The van der Waals surface area contributed by atoms with Crippen molar-refractivity contribution in [2.75, 3.05) is 13.7 Å². The van der Waals surface area contributed by atoms with Gasteiger partial charge in [0.1, 0.15) is 11.6 Å². The summed E-state index contributed by atoms with van der Waals surface area (Å²) in [6.45, 7) is 1.33. The van der Waals surface area contributed by atoms with Crippen molar-refractivity contribution in [1.82, 2.24) is 15.2 Å². The number of aliphatic hydroxyl groups is 1. The molecule has 9 heteroatoms. The number of amides is 2. The van der Waals surface area contributed by atoms with E-state index in [0.29, 0.717) is 24.8 Å². The molecule has 2 N–H and O–H groups in total. The maximum absolute atomic E-state index is 14.1. The summed E-state index contributed by atoms with van der Waals surface area (Å²) in [5.74, 6) is -0.327. The number of aliphatic hydroxyl groups excluding tert-OH is 1. The molecule has 0 spiro atoms. The van der Waals surface area contributed by atoms with Crippen LogP contribution < -0.4 is 10.1 Å². The van der Waals surface area contributed by atoms with Gasteiger partial charge in [-0.3, -0.25) is 14.6 Å². The molecule has 0 radical (unpaired) electrons. The van der Waals surface area contributed by atoms with Gasteiger partial charge in [-0.25, -0.2) is 4.39 Å². The number of methoxy groups -OCH3 is 1. The van der Waals surface area contributed by atoms with Gasteiger partial charge in [-0.2, -0.15) is 0 Å². The lowest BCUT2D eigenvalue weighted by molar-refractivity contribution is -0.155. The monoisotopic (exact) mass is 575 g/mol. The molecule has 1 aliphatic heterocycles. The van der Waals surface area contributed by atoms with Crippen LogP contribution in [-0.4, -0.2) is 52.7 Å². The van der Waals surface area contributed by atoms with Gasteiger partial charge in [0, 0.05) is 38.0 Å². The van der Waals surface area contributed by atoms with Gasteiger partial charge in [-0.1, -0.05) is 62.4 Å². The Morgan fingerprint density at radius 1 is 1.10 bits per heavy atom. The van der Waals surface area contributed by atoms with Crippen molar-refractivity contribution in [2.24, 2.45) is 5.92 Å². The van der Waals surface area contributed by atoms with E-state index in [9.17, 15) is 19.1 Å². The Morgan fingerprint density at radius 3 is 2.62 bits per heavy atom. The lowest BCUT2D eigenvalue weighted by Crippen LogP contribution is -2.50. The molecule has 2 aliphatic rings. The van der Waals surface area contributed by atoms with E-state index in [-0.39, 0.29) is 18.9 Å². The zero-order valence-electron chi connectivity index (χ0n) is 23.9. The first-order valence-electron chi connectivity index (χ1n) is 14.6. The highest BCUT2D eigenvalue weighted by Gasteiger charge is 2.37. The number of hydrogen-bond acceptors (Lipinski definition) is 6. The standard InChI is InChI=1S/C33H38FN3O5/c1-41-31(30(38)33(40)37-20-25-8-5-16-35-28(25)21-37)32(39)36-19-23-9-11-24(12-10-23)27-14-13-26(34)18-29(27)42-17-15-22-6-3-2-4-7-22/h5,8-14,16,18,22,30-31,38H,2-4,6-7,15,17,19-21H2,1H3,(H,36,39)/t30-,31-/m1/s1. The molecular formula is C33H38FN3O5. The van der Waals surface area contributed by atoms with Crippen LogP contribution in [0.5, 0.6) is 5.75 Å². The summed E-state index contributed by atoms with van der Waals surface area (Å²) in [6.07, 6.45) is 5.96. The Labute approximate surface area is 245 Å². The first-order chi connectivity index (χ1) is 20.4. The minimum absolute atomic E-state index is 0.174. The number of carbonyl (C=O) groups is 2. The second kappa shape index (κ2) is 13.9. The van der Waals surface area contributed by atoms with E-state index in [1.165, 1.54) is 56.2 Å². The van der Waals surface area contributed by atoms with Gasteiger partial charge in [0.05, 0.1) is 18.8 Å². The fourth-order valence-electron chi connectivity index (χ4n) is 5.81. The van der Waals surface area contributed by atoms with Gasteiger partial charge < -0.3 is 24.8 Å². The van der Waals surface area contributed by atoms with Crippen LogP contribution in [0.4, 0.5) is 4.39 Å². The number of hydrogen-bond donors (Lipinski definition) is 2. The molecule has 2 atom stereocenters. The predicted octanol–water partition coefficient (Wildman–Crippen LogP) is 4.77. The zero-order valence-corrected chi connectivity index (χ0v) is 23.9. The molecule has 222 valence electrons. The number of aromatic nitrogens is 1. The summed E-state index contributed by atoms with van der Waals surface area (Å²) >= 11 is 0. The molecule has 2 amide bonds. The average Bonchev–Trinajstić information content (AvgIpc) is 3.45. The van der Waals surface area contributed by atoms with Crippen LogP contribution in [0.15, 0.2) is 60.8 Å². The van der Waals surface area contributed by atoms with E-state index in [1.807, 2.05) is 30.3 Å². The number of fused-ring (bicyclic) bond motifs is 1. The molecule has 0 unspecified atom stereocenters. The Balaban J connectivity index is 1.16. The summed E-state index contributed by atoms with van der Waals surface area (Å²) in [6, 6.07) is 15.8. The normalized spacial score (nSPS) is 16.5. The molecule has 1 aromatic heterocycles. The molecule has 3 aromatic rings. The maximum atomic E-state index is 14.1. The first-order valence-corrected chi connectivity index (χ1v) is 14.6. The molecule has 42 heavy (non-hydrogen) atoms. The van der Waals surface area contributed by atoms with E-state index in [2.05, 4.69) is 10.3 Å². The van der Waals surface area contributed by atoms with Gasteiger partial charge in [-0.15, -0.1) is 0 Å². The number of carbonyl (C=O) groups excluding carboxylic acids is 2. The van der Waals surface area contributed by atoms with E-state index < -0.39 is 24.0 Å².